The van der Waals surface area contributed by atoms with Crippen molar-refractivity contribution in [3.05, 3.63) is 35.9 Å². The smallest absolute Gasteiger partial charge is 0.213 e. The van der Waals surface area contributed by atoms with Crippen molar-refractivity contribution in [2.24, 2.45) is 5.73 Å². The second-order valence-electron chi connectivity index (χ2n) is 2.71. The monoisotopic (exact) mass is 173 g/mol. The molecule has 0 fully saturated rings. The maximum absolute atomic E-state index is 11.2. The molecule has 0 saturated heterocycles. The minimum absolute atomic E-state index is 0.256. The van der Waals surface area contributed by atoms with Gasteiger partial charge in [0.2, 0.25) is 5.78 Å². The molecule has 0 amide bonds. The Hall–Kier alpha value is -1.59. The van der Waals surface area contributed by atoms with Gasteiger partial charge in [0, 0.05) is 6.54 Å². The molecule has 1 unspecified atom stereocenters. The van der Waals surface area contributed by atoms with Crippen molar-refractivity contribution in [2.45, 2.75) is 5.92 Å². The average molecular weight is 173 g/mol. The van der Waals surface area contributed by atoms with Gasteiger partial charge in [-0.3, -0.25) is 4.79 Å². The molecule has 0 aromatic heterocycles. The molecular weight excluding hydrogens is 162 g/mol. The van der Waals surface area contributed by atoms with Gasteiger partial charge in [0.05, 0.1) is 5.92 Å². The maximum Gasteiger partial charge on any atom is 0.213 e. The third-order valence-corrected chi connectivity index (χ3v) is 1.90. The van der Waals surface area contributed by atoms with Crippen molar-refractivity contribution in [3.63, 3.8) is 0 Å². The molecule has 1 rings (SSSR count). The zero-order valence-electron chi connectivity index (χ0n) is 7.23. The number of carbonyl (C=O) groups excluding carboxylic acids is 1. The van der Waals surface area contributed by atoms with Crippen LogP contribution < -0.4 is 5.73 Å². The van der Waals surface area contributed by atoms with Gasteiger partial charge < -0.3 is 5.73 Å². The Balaban J connectivity index is 2.93. The van der Waals surface area contributed by atoms with Gasteiger partial charge in [-0.15, -0.1) is 6.42 Å². The molecule has 0 aliphatic carbocycles. The minimum atomic E-state index is -0.355. The summed E-state index contributed by atoms with van der Waals surface area (Å²) in [6.07, 6.45) is 5.03. The van der Waals surface area contributed by atoms with Crippen LogP contribution in [0.25, 0.3) is 0 Å². The molecule has 1 atom stereocenters. The maximum atomic E-state index is 11.2. The van der Waals surface area contributed by atoms with Crippen molar-refractivity contribution in [1.82, 2.24) is 0 Å². The van der Waals surface area contributed by atoms with Crippen LogP contribution in [0.4, 0.5) is 0 Å². The lowest BCUT2D eigenvalue weighted by molar-refractivity contribution is -0.114. The third-order valence-electron chi connectivity index (χ3n) is 1.90. The Morgan fingerprint density at radius 2 is 2.08 bits per heavy atom. The highest BCUT2D eigenvalue weighted by molar-refractivity contribution is 6.00. The van der Waals surface area contributed by atoms with Crippen LogP contribution in [0, 0.1) is 12.3 Å². The van der Waals surface area contributed by atoms with E-state index in [-0.39, 0.29) is 18.2 Å². The summed E-state index contributed by atoms with van der Waals surface area (Å²) in [5.74, 6) is 1.48. The zero-order valence-corrected chi connectivity index (χ0v) is 7.23. The molecule has 0 radical (unpaired) electrons. The van der Waals surface area contributed by atoms with E-state index in [4.69, 9.17) is 12.2 Å². The van der Waals surface area contributed by atoms with E-state index >= 15 is 0 Å². The molecule has 13 heavy (non-hydrogen) atoms. The number of hydrogen-bond acceptors (Lipinski definition) is 2. The summed E-state index contributed by atoms with van der Waals surface area (Å²) in [6.45, 7) is 0.257. The van der Waals surface area contributed by atoms with Crippen LogP contribution in [-0.4, -0.2) is 12.3 Å². The zero-order chi connectivity index (χ0) is 9.68. The average Bonchev–Trinajstić information content (AvgIpc) is 2.20. The third kappa shape index (κ3) is 2.17. The lowest BCUT2D eigenvalue weighted by Gasteiger charge is -2.09. The number of benzene rings is 1. The van der Waals surface area contributed by atoms with Crippen LogP contribution in [-0.2, 0) is 4.79 Å². The number of nitrogens with two attached hydrogens (primary N) is 1. The van der Waals surface area contributed by atoms with E-state index in [1.165, 1.54) is 0 Å². The van der Waals surface area contributed by atoms with Crippen LogP contribution in [0.1, 0.15) is 11.5 Å². The van der Waals surface area contributed by atoms with Crippen LogP contribution in [0.15, 0.2) is 30.3 Å². The second-order valence-corrected chi connectivity index (χ2v) is 2.71. The molecule has 2 heteroatoms. The summed E-state index contributed by atoms with van der Waals surface area (Å²) >= 11 is 0. The highest BCUT2D eigenvalue weighted by Crippen LogP contribution is 2.14. The number of Topliss-reactive ketones (excluding diaryl/α,β-unsaturated/α-hetero) is 1. The molecule has 0 aliphatic heterocycles. The second kappa shape index (κ2) is 4.44. The fraction of sp³-hybridized carbons (Fsp3) is 0.182. The number of rotatable bonds is 3. The molecule has 2 N–H and O–H groups in total. The molecule has 0 aliphatic rings. The van der Waals surface area contributed by atoms with Crippen molar-refractivity contribution in [3.8, 4) is 12.3 Å². The van der Waals surface area contributed by atoms with Crippen molar-refractivity contribution < 1.29 is 4.79 Å². The summed E-state index contributed by atoms with van der Waals surface area (Å²) in [4.78, 5) is 11.2. The SMILES string of the molecule is C#CC(=O)C(CN)c1ccccc1. The molecule has 1 aromatic rings. The summed E-state index contributed by atoms with van der Waals surface area (Å²) in [7, 11) is 0. The first-order valence-corrected chi connectivity index (χ1v) is 4.05. The predicted molar refractivity (Wildman–Crippen MR) is 52.1 cm³/mol. The first kappa shape index (κ1) is 9.50. The lowest BCUT2D eigenvalue weighted by atomic mass is 9.95. The molecule has 66 valence electrons. The quantitative estimate of drug-likeness (QED) is 0.546. The Labute approximate surface area is 77.8 Å². The molecule has 0 heterocycles. The molecule has 0 saturated carbocycles. The fourth-order valence-electron chi connectivity index (χ4n) is 1.18. The standard InChI is InChI=1S/C11H11NO/c1-2-11(13)10(8-12)9-6-4-3-5-7-9/h1,3-7,10H,8,12H2. The van der Waals surface area contributed by atoms with E-state index in [0.29, 0.717) is 0 Å². The number of ketones is 1. The summed E-state index contributed by atoms with van der Waals surface area (Å²) in [6, 6.07) is 9.32. The van der Waals surface area contributed by atoms with E-state index in [2.05, 4.69) is 5.92 Å². The molecule has 1 aromatic carbocycles. The normalized spacial score (nSPS) is 11.7. The Morgan fingerprint density at radius 3 is 2.54 bits per heavy atom. The van der Waals surface area contributed by atoms with Gasteiger partial charge >= 0.3 is 0 Å². The minimum Gasteiger partial charge on any atom is -0.329 e. The number of terminal acetylenes is 1. The first-order valence-electron chi connectivity index (χ1n) is 4.05. The highest BCUT2D eigenvalue weighted by atomic mass is 16.1. The van der Waals surface area contributed by atoms with E-state index in [0.717, 1.165) is 5.56 Å². The molecule has 2 nitrogen and oxygen atoms in total. The van der Waals surface area contributed by atoms with Gasteiger partial charge in [-0.25, -0.2) is 0 Å². The topological polar surface area (TPSA) is 43.1 Å². The van der Waals surface area contributed by atoms with Crippen molar-refractivity contribution in [1.29, 1.82) is 0 Å². The molecule has 0 spiro atoms. The van der Waals surface area contributed by atoms with Gasteiger partial charge in [-0.1, -0.05) is 30.3 Å². The molecular formula is C11H11NO. The molecule has 0 bridgehead atoms. The fourth-order valence-corrected chi connectivity index (χ4v) is 1.18. The van der Waals surface area contributed by atoms with Gasteiger partial charge in [0.25, 0.3) is 0 Å². The van der Waals surface area contributed by atoms with E-state index in [9.17, 15) is 4.79 Å². The van der Waals surface area contributed by atoms with Gasteiger partial charge in [0.1, 0.15) is 0 Å². The van der Waals surface area contributed by atoms with E-state index in [1.54, 1.807) is 0 Å². The Bertz CT molecular complexity index is 324. The summed E-state index contributed by atoms with van der Waals surface area (Å²) < 4.78 is 0. The van der Waals surface area contributed by atoms with Gasteiger partial charge in [-0.2, -0.15) is 0 Å². The van der Waals surface area contributed by atoms with Gasteiger partial charge in [-0.05, 0) is 11.5 Å². The first-order chi connectivity index (χ1) is 6.29. The van der Waals surface area contributed by atoms with Crippen LogP contribution in [0.3, 0.4) is 0 Å². The van der Waals surface area contributed by atoms with Crippen LogP contribution in [0.5, 0.6) is 0 Å². The number of carbonyl (C=O) groups is 1. The van der Waals surface area contributed by atoms with Crippen LogP contribution in [0.2, 0.25) is 0 Å². The van der Waals surface area contributed by atoms with Gasteiger partial charge in [0.15, 0.2) is 0 Å². The van der Waals surface area contributed by atoms with Crippen LogP contribution >= 0.6 is 0 Å². The Kier molecular flexibility index (Phi) is 3.24. The predicted octanol–water partition coefficient (Wildman–Crippen LogP) is 0.931. The van der Waals surface area contributed by atoms with E-state index < -0.39 is 0 Å². The van der Waals surface area contributed by atoms with E-state index in [1.807, 2.05) is 30.3 Å². The largest absolute Gasteiger partial charge is 0.329 e. The Morgan fingerprint density at radius 1 is 1.46 bits per heavy atom. The lowest BCUT2D eigenvalue weighted by Crippen LogP contribution is -2.20. The summed E-state index contributed by atoms with van der Waals surface area (Å²) in [5, 5.41) is 0. The summed E-state index contributed by atoms with van der Waals surface area (Å²) in [5.41, 5.74) is 6.35. The van der Waals surface area contributed by atoms with Crippen molar-refractivity contribution >= 4 is 5.78 Å². The van der Waals surface area contributed by atoms with Crippen molar-refractivity contribution in [2.75, 3.05) is 6.54 Å². The highest BCUT2D eigenvalue weighted by Gasteiger charge is 2.15. The number of hydrogen-bond donors (Lipinski definition) is 1.